The molecule has 1 aliphatic heterocycles. The maximum absolute atomic E-state index is 11.1. The molecule has 1 heterocycles. The van der Waals surface area contributed by atoms with Crippen molar-refractivity contribution in [3.63, 3.8) is 0 Å². The van der Waals surface area contributed by atoms with Crippen LogP contribution in [0.15, 0.2) is 0 Å². The number of rotatable bonds is 6. The van der Waals surface area contributed by atoms with E-state index in [9.17, 15) is 9.90 Å². The normalized spacial score (nSPS) is 23.1. The molecule has 1 saturated heterocycles. The summed E-state index contributed by atoms with van der Waals surface area (Å²) in [6.45, 7) is 13.1. The van der Waals surface area contributed by atoms with Crippen LogP contribution in [0.1, 0.15) is 40.5 Å². The van der Waals surface area contributed by atoms with Crippen molar-refractivity contribution in [3.8, 4) is 0 Å². The molecule has 1 aliphatic rings. The maximum Gasteiger partial charge on any atom is 0.407 e. The van der Waals surface area contributed by atoms with Gasteiger partial charge in [0.15, 0.2) is 8.32 Å². The van der Waals surface area contributed by atoms with E-state index < -0.39 is 20.5 Å². The molecule has 6 heteroatoms. The minimum Gasteiger partial charge on any atom is -0.447 e. The van der Waals surface area contributed by atoms with Gasteiger partial charge in [0.05, 0.1) is 12.1 Å². The zero-order valence-corrected chi connectivity index (χ0v) is 14.5. The van der Waals surface area contributed by atoms with Crippen LogP contribution in [0.25, 0.3) is 0 Å². The third kappa shape index (κ3) is 4.20. The van der Waals surface area contributed by atoms with Crippen molar-refractivity contribution in [1.82, 2.24) is 5.32 Å². The number of alkyl carbamates (subject to hydrolysis) is 1. The van der Waals surface area contributed by atoms with Gasteiger partial charge in [-0.2, -0.15) is 0 Å². The Balaban J connectivity index is 2.75. The lowest BCUT2D eigenvalue weighted by molar-refractivity contribution is 0.000947. The summed E-state index contributed by atoms with van der Waals surface area (Å²) in [6, 6.07) is -0.371. The molecule has 1 amide bonds. The van der Waals surface area contributed by atoms with E-state index in [0.29, 0.717) is 0 Å². The lowest BCUT2D eigenvalue weighted by atomic mass is 10.0. The number of aliphatic hydroxyl groups is 1. The number of carbonyl (C=O) groups excluding carboxylic acids is 1. The molecule has 1 fully saturated rings. The molecule has 2 N–H and O–H groups in total. The SMILES string of the molecule is CCC[C@@H](O[Si](C)(C)C(C)(C)C)[C@@H](O)[C@@H]1COC(=O)N1. The smallest absolute Gasteiger partial charge is 0.407 e. The van der Waals surface area contributed by atoms with Gasteiger partial charge in [0, 0.05) is 0 Å². The maximum atomic E-state index is 11.1. The Hall–Kier alpha value is -0.593. The van der Waals surface area contributed by atoms with Gasteiger partial charge in [-0.15, -0.1) is 0 Å². The topological polar surface area (TPSA) is 67.8 Å². The van der Waals surface area contributed by atoms with Crippen LogP contribution < -0.4 is 5.32 Å². The van der Waals surface area contributed by atoms with Gasteiger partial charge in [-0.05, 0) is 24.6 Å². The van der Waals surface area contributed by atoms with Crippen molar-refractivity contribution in [2.24, 2.45) is 0 Å². The molecule has 118 valence electrons. The Bertz CT molecular complexity index is 341. The molecule has 1 rings (SSSR count). The van der Waals surface area contributed by atoms with E-state index in [4.69, 9.17) is 9.16 Å². The third-order valence-electron chi connectivity index (χ3n) is 4.32. The fraction of sp³-hybridized carbons (Fsp3) is 0.929. The van der Waals surface area contributed by atoms with E-state index in [-0.39, 0.29) is 23.8 Å². The Morgan fingerprint density at radius 2 is 2.10 bits per heavy atom. The second-order valence-electron chi connectivity index (χ2n) is 7.05. The number of aliphatic hydroxyl groups excluding tert-OH is 1. The molecule has 5 nitrogen and oxygen atoms in total. The van der Waals surface area contributed by atoms with E-state index in [1.165, 1.54) is 0 Å². The van der Waals surface area contributed by atoms with Crippen LogP contribution in [0.5, 0.6) is 0 Å². The average molecular weight is 303 g/mol. The minimum atomic E-state index is -1.95. The Labute approximate surface area is 123 Å². The average Bonchev–Trinajstić information content (AvgIpc) is 2.72. The number of hydrogen-bond acceptors (Lipinski definition) is 4. The molecule has 20 heavy (non-hydrogen) atoms. The van der Waals surface area contributed by atoms with Gasteiger partial charge in [0.25, 0.3) is 0 Å². The molecule has 0 saturated carbocycles. The molecule has 0 aliphatic carbocycles. The fourth-order valence-electron chi connectivity index (χ4n) is 1.98. The highest BCUT2D eigenvalue weighted by atomic mass is 28.4. The summed E-state index contributed by atoms with van der Waals surface area (Å²) in [5.74, 6) is 0. The number of amides is 1. The van der Waals surface area contributed by atoms with Crippen LogP contribution in [0, 0.1) is 0 Å². The van der Waals surface area contributed by atoms with E-state index in [1.54, 1.807) is 0 Å². The first-order chi connectivity index (χ1) is 9.08. The highest BCUT2D eigenvalue weighted by Gasteiger charge is 2.42. The van der Waals surface area contributed by atoms with Crippen molar-refractivity contribution in [2.75, 3.05) is 6.61 Å². The molecule has 0 spiro atoms. The molecule has 3 atom stereocenters. The van der Waals surface area contributed by atoms with Crippen LogP contribution in [0.4, 0.5) is 4.79 Å². The number of ether oxygens (including phenoxy) is 1. The first-order valence-corrected chi connectivity index (χ1v) is 10.3. The lowest BCUT2D eigenvalue weighted by Gasteiger charge is -2.41. The van der Waals surface area contributed by atoms with Crippen molar-refractivity contribution in [1.29, 1.82) is 0 Å². The summed E-state index contributed by atoms with van der Waals surface area (Å²) in [4.78, 5) is 11.1. The zero-order valence-electron chi connectivity index (χ0n) is 13.5. The third-order valence-corrected chi connectivity index (χ3v) is 8.82. The van der Waals surface area contributed by atoms with Crippen LogP contribution in [0.2, 0.25) is 18.1 Å². The van der Waals surface area contributed by atoms with Gasteiger partial charge in [0.1, 0.15) is 12.7 Å². The van der Waals surface area contributed by atoms with Crippen molar-refractivity contribution >= 4 is 14.4 Å². The van der Waals surface area contributed by atoms with Gasteiger partial charge in [-0.1, -0.05) is 34.1 Å². The quantitative estimate of drug-likeness (QED) is 0.740. The Morgan fingerprint density at radius 1 is 1.50 bits per heavy atom. The second-order valence-corrected chi connectivity index (χ2v) is 11.8. The molecule has 0 bridgehead atoms. The van der Waals surface area contributed by atoms with Crippen LogP contribution >= 0.6 is 0 Å². The molecule has 0 aromatic carbocycles. The van der Waals surface area contributed by atoms with Crippen molar-refractivity contribution in [2.45, 2.75) is 76.9 Å². The summed E-state index contributed by atoms with van der Waals surface area (Å²) in [5.41, 5.74) is 0. The molecule has 0 aromatic heterocycles. The standard InChI is InChI=1S/C14H29NO4Si/c1-7-8-11(19-20(5,6)14(2,3)4)12(16)10-9-18-13(17)15-10/h10-12,16H,7-9H2,1-6H3,(H,15,17)/t10-,11+,12-/m0/s1. The Kier molecular flexibility index (Phi) is 5.63. The molecular weight excluding hydrogens is 274 g/mol. The second kappa shape index (κ2) is 6.45. The van der Waals surface area contributed by atoms with Crippen LogP contribution in [-0.2, 0) is 9.16 Å². The van der Waals surface area contributed by atoms with Gasteiger partial charge >= 0.3 is 6.09 Å². The minimum absolute atomic E-state index is 0.0914. The predicted molar refractivity (Wildman–Crippen MR) is 81.3 cm³/mol. The van der Waals surface area contributed by atoms with Gasteiger partial charge < -0.3 is 19.6 Å². The van der Waals surface area contributed by atoms with E-state index in [1.807, 2.05) is 0 Å². The monoisotopic (exact) mass is 303 g/mol. The first-order valence-electron chi connectivity index (χ1n) is 7.37. The van der Waals surface area contributed by atoms with Crippen molar-refractivity contribution in [3.05, 3.63) is 0 Å². The zero-order chi connectivity index (χ0) is 15.6. The molecule has 0 unspecified atom stereocenters. The van der Waals surface area contributed by atoms with Gasteiger partial charge in [-0.25, -0.2) is 4.79 Å². The first kappa shape index (κ1) is 17.5. The predicted octanol–water partition coefficient (Wildman–Crippen LogP) is 2.65. The van der Waals surface area contributed by atoms with Gasteiger partial charge in [0.2, 0.25) is 0 Å². The summed E-state index contributed by atoms with van der Waals surface area (Å²) in [5, 5.41) is 13.2. The van der Waals surface area contributed by atoms with Crippen LogP contribution in [0.3, 0.4) is 0 Å². The number of nitrogens with one attached hydrogen (secondary N) is 1. The van der Waals surface area contributed by atoms with E-state index in [2.05, 4.69) is 46.1 Å². The summed E-state index contributed by atoms with van der Waals surface area (Å²) in [6.07, 6.45) is 0.262. The van der Waals surface area contributed by atoms with E-state index >= 15 is 0 Å². The summed E-state index contributed by atoms with van der Waals surface area (Å²) < 4.78 is 11.2. The van der Waals surface area contributed by atoms with Gasteiger partial charge in [-0.3, -0.25) is 0 Å². The van der Waals surface area contributed by atoms with Crippen LogP contribution in [-0.4, -0.2) is 44.4 Å². The number of carbonyl (C=O) groups is 1. The number of cyclic esters (lactones) is 1. The largest absolute Gasteiger partial charge is 0.447 e. The van der Waals surface area contributed by atoms with Crippen molar-refractivity contribution < 1.29 is 19.1 Å². The Morgan fingerprint density at radius 3 is 2.50 bits per heavy atom. The summed E-state index contributed by atoms with van der Waals surface area (Å²) >= 11 is 0. The summed E-state index contributed by atoms with van der Waals surface area (Å²) in [7, 11) is -1.95. The van der Waals surface area contributed by atoms with E-state index in [0.717, 1.165) is 12.8 Å². The highest BCUT2D eigenvalue weighted by Crippen LogP contribution is 2.38. The molecule has 0 aromatic rings. The highest BCUT2D eigenvalue weighted by molar-refractivity contribution is 6.74. The molecule has 0 radical (unpaired) electrons. The molecular formula is C14H29NO4Si. The number of hydrogen-bond donors (Lipinski definition) is 2. The lowest BCUT2D eigenvalue weighted by Crippen LogP contribution is -2.52. The fourth-order valence-corrected chi connectivity index (χ4v) is 3.35.